The van der Waals surface area contributed by atoms with E-state index in [0.717, 1.165) is 31.2 Å². The second-order valence-electron chi connectivity index (χ2n) is 10.2. The maximum absolute atomic E-state index is 15.2. The molecule has 6 rings (SSSR count). The van der Waals surface area contributed by atoms with E-state index in [1.54, 1.807) is 14.1 Å². The van der Waals surface area contributed by atoms with Gasteiger partial charge in [0.2, 0.25) is 0 Å². The van der Waals surface area contributed by atoms with Gasteiger partial charge in [0.1, 0.15) is 23.6 Å². The number of hydrogen-bond donors (Lipinski definition) is 1. The van der Waals surface area contributed by atoms with Crippen molar-refractivity contribution in [3.63, 3.8) is 0 Å². The highest BCUT2D eigenvalue weighted by Gasteiger charge is 2.29. The molecular weight excluding hydrogens is 494 g/mol. The van der Waals surface area contributed by atoms with Gasteiger partial charge in [0, 0.05) is 51.4 Å². The largest absolute Gasteiger partial charge is 0.345 e. The van der Waals surface area contributed by atoms with Crippen molar-refractivity contribution in [2.24, 2.45) is 5.92 Å². The summed E-state index contributed by atoms with van der Waals surface area (Å²) in [5.74, 6) is 0.155. The molecule has 1 amide bonds. The van der Waals surface area contributed by atoms with Gasteiger partial charge in [0.25, 0.3) is 5.91 Å². The molecular formula is C26H28F2N8O2. The van der Waals surface area contributed by atoms with Crippen LogP contribution in [0.2, 0.25) is 0 Å². The molecule has 1 N–H and O–H groups in total. The summed E-state index contributed by atoms with van der Waals surface area (Å²) in [6, 6.07) is 4.66. The zero-order valence-corrected chi connectivity index (χ0v) is 21.2. The minimum absolute atomic E-state index is 0.0166. The third-order valence-electron chi connectivity index (χ3n) is 7.19. The van der Waals surface area contributed by atoms with Gasteiger partial charge in [0.05, 0.1) is 11.1 Å². The zero-order valence-electron chi connectivity index (χ0n) is 21.2. The zero-order chi connectivity index (χ0) is 26.4. The van der Waals surface area contributed by atoms with Gasteiger partial charge >= 0.3 is 6.01 Å². The molecule has 3 aromatic heterocycles. The molecule has 12 heteroatoms. The first-order valence-electron chi connectivity index (χ1n) is 12.7. The van der Waals surface area contributed by atoms with Crippen molar-refractivity contribution in [1.82, 2.24) is 29.6 Å². The van der Waals surface area contributed by atoms with Crippen molar-refractivity contribution in [2.45, 2.75) is 38.1 Å². The van der Waals surface area contributed by atoms with Crippen LogP contribution in [0, 0.1) is 17.6 Å². The van der Waals surface area contributed by atoms with Crippen LogP contribution in [0.3, 0.4) is 0 Å². The Morgan fingerprint density at radius 3 is 2.63 bits per heavy atom. The number of halogens is 2. The van der Waals surface area contributed by atoms with E-state index in [0.29, 0.717) is 30.7 Å². The lowest BCUT2D eigenvalue weighted by atomic mass is 10.1. The lowest BCUT2D eigenvalue weighted by Gasteiger charge is -2.31. The van der Waals surface area contributed by atoms with Crippen LogP contribution < -0.4 is 10.2 Å². The van der Waals surface area contributed by atoms with E-state index in [1.165, 1.54) is 42.4 Å². The molecule has 38 heavy (non-hydrogen) atoms. The predicted octanol–water partition coefficient (Wildman–Crippen LogP) is 4.33. The Kier molecular flexibility index (Phi) is 6.16. The normalized spacial score (nSPS) is 16.3. The third-order valence-corrected chi connectivity index (χ3v) is 7.19. The lowest BCUT2D eigenvalue weighted by Crippen LogP contribution is -2.34. The quantitative estimate of drug-likeness (QED) is 0.382. The Morgan fingerprint density at radius 2 is 1.92 bits per heavy atom. The molecule has 4 heterocycles. The van der Waals surface area contributed by atoms with Gasteiger partial charge in [-0.1, -0.05) is 5.16 Å². The monoisotopic (exact) mass is 522 g/mol. The van der Waals surface area contributed by atoms with Gasteiger partial charge in [-0.3, -0.25) is 4.79 Å². The van der Waals surface area contributed by atoms with Gasteiger partial charge in [-0.2, -0.15) is 4.98 Å². The third kappa shape index (κ3) is 4.66. The topological polar surface area (TPSA) is 105 Å². The molecule has 4 aromatic rings. The smallest absolute Gasteiger partial charge is 0.324 e. The summed E-state index contributed by atoms with van der Waals surface area (Å²) >= 11 is 0. The molecule has 10 nitrogen and oxygen atoms in total. The van der Waals surface area contributed by atoms with Gasteiger partial charge in [0.15, 0.2) is 11.6 Å². The minimum Gasteiger partial charge on any atom is -0.345 e. The molecule has 1 saturated heterocycles. The predicted molar refractivity (Wildman–Crippen MR) is 136 cm³/mol. The van der Waals surface area contributed by atoms with Crippen LogP contribution >= 0.6 is 0 Å². The first-order chi connectivity index (χ1) is 18.4. The van der Waals surface area contributed by atoms with Gasteiger partial charge in [-0.15, -0.1) is 0 Å². The van der Waals surface area contributed by atoms with Crippen LogP contribution in [0.5, 0.6) is 0 Å². The van der Waals surface area contributed by atoms with Crippen LogP contribution in [0.4, 0.5) is 26.3 Å². The second kappa shape index (κ2) is 9.66. The summed E-state index contributed by atoms with van der Waals surface area (Å²) in [5.41, 5.74) is 0.735. The molecule has 1 saturated carbocycles. The average Bonchev–Trinajstić information content (AvgIpc) is 3.49. The molecule has 1 aliphatic heterocycles. The van der Waals surface area contributed by atoms with E-state index >= 15 is 4.39 Å². The first-order valence-corrected chi connectivity index (χ1v) is 12.7. The number of carbonyl (C=O) groups is 1. The Bertz CT molecular complexity index is 1490. The molecule has 0 atom stereocenters. The van der Waals surface area contributed by atoms with Crippen LogP contribution in [-0.4, -0.2) is 62.7 Å². The number of fused-ring (bicyclic) bond motifs is 1. The van der Waals surface area contributed by atoms with E-state index in [1.807, 2.05) is 4.57 Å². The Hall–Kier alpha value is -4.09. The first kappa shape index (κ1) is 24.3. The fraction of sp³-hybridized carbons (Fsp3) is 0.423. The number of nitrogens with one attached hydrogen (secondary N) is 1. The standard InChI is InChI=1S/C26H28F2N8O2/c1-34(2)25(37)16-5-6-20(18(27)12-16)31-23-22-19(28)13-36(24(22)30-14-29-23)17-7-9-35(10-8-17)26-32-21(33-38-26)11-15-3-4-15/h5-6,12-15,17H,3-4,7-11H2,1-2H3,(H,29,30,31). The highest BCUT2D eigenvalue weighted by Crippen LogP contribution is 2.35. The molecule has 0 unspecified atom stereocenters. The Morgan fingerprint density at radius 1 is 1.13 bits per heavy atom. The maximum Gasteiger partial charge on any atom is 0.324 e. The molecule has 1 aromatic carbocycles. The number of aromatic nitrogens is 5. The maximum atomic E-state index is 15.2. The van der Waals surface area contributed by atoms with Gasteiger partial charge < -0.3 is 24.2 Å². The van der Waals surface area contributed by atoms with E-state index in [-0.39, 0.29) is 34.4 Å². The average molecular weight is 523 g/mol. The fourth-order valence-corrected chi connectivity index (χ4v) is 4.92. The van der Waals surface area contributed by atoms with Gasteiger partial charge in [-0.25, -0.2) is 18.7 Å². The SMILES string of the molecule is CN(C)C(=O)c1ccc(Nc2ncnc3c2c(F)cn3C2CCN(c3nc(CC4CC4)no3)CC2)c(F)c1. The molecule has 0 bridgehead atoms. The molecule has 1 aliphatic carbocycles. The van der Waals surface area contributed by atoms with E-state index < -0.39 is 11.6 Å². The van der Waals surface area contributed by atoms with Crippen LogP contribution in [0.1, 0.15) is 47.9 Å². The van der Waals surface area contributed by atoms with E-state index in [2.05, 4.69) is 30.3 Å². The number of amides is 1. The van der Waals surface area contributed by atoms with Crippen molar-refractivity contribution in [3.05, 3.63) is 53.7 Å². The molecule has 0 radical (unpaired) electrons. The molecule has 2 aliphatic rings. The van der Waals surface area contributed by atoms with Gasteiger partial charge in [-0.05, 0) is 49.8 Å². The number of hydrogen-bond acceptors (Lipinski definition) is 8. The molecule has 0 spiro atoms. The van der Waals surface area contributed by atoms with Crippen molar-refractivity contribution >= 4 is 34.5 Å². The van der Waals surface area contributed by atoms with Crippen molar-refractivity contribution in [2.75, 3.05) is 37.4 Å². The van der Waals surface area contributed by atoms with Crippen LogP contribution in [-0.2, 0) is 6.42 Å². The highest BCUT2D eigenvalue weighted by atomic mass is 19.1. The summed E-state index contributed by atoms with van der Waals surface area (Å²) in [7, 11) is 3.19. The lowest BCUT2D eigenvalue weighted by molar-refractivity contribution is 0.0827. The summed E-state index contributed by atoms with van der Waals surface area (Å²) in [4.78, 5) is 28.6. The highest BCUT2D eigenvalue weighted by molar-refractivity contribution is 5.95. The molecule has 198 valence electrons. The number of piperidine rings is 1. The van der Waals surface area contributed by atoms with Crippen molar-refractivity contribution < 1.29 is 18.1 Å². The Balaban J connectivity index is 1.19. The van der Waals surface area contributed by atoms with Crippen molar-refractivity contribution in [1.29, 1.82) is 0 Å². The van der Waals surface area contributed by atoms with Crippen LogP contribution in [0.15, 0.2) is 35.2 Å². The summed E-state index contributed by atoms with van der Waals surface area (Å²) in [6.45, 7) is 1.38. The summed E-state index contributed by atoms with van der Waals surface area (Å²) < 4.78 is 37.3. The number of anilines is 3. The number of nitrogens with zero attached hydrogens (tertiary/aromatic N) is 7. The van der Waals surface area contributed by atoms with Crippen molar-refractivity contribution in [3.8, 4) is 0 Å². The second-order valence-corrected chi connectivity index (χ2v) is 10.2. The van der Waals surface area contributed by atoms with Crippen LogP contribution in [0.25, 0.3) is 11.0 Å². The number of rotatable bonds is 7. The number of carbonyl (C=O) groups excluding carboxylic acids is 1. The summed E-state index contributed by atoms with van der Waals surface area (Å²) in [6.07, 6.45) is 7.58. The molecule has 2 fully saturated rings. The minimum atomic E-state index is -0.641. The van der Waals surface area contributed by atoms with E-state index in [4.69, 9.17) is 4.52 Å². The number of benzene rings is 1. The van der Waals surface area contributed by atoms with E-state index in [9.17, 15) is 9.18 Å². The Labute approximate surface area is 217 Å². The summed E-state index contributed by atoms with van der Waals surface area (Å²) in [5, 5.41) is 7.17. The fourth-order valence-electron chi connectivity index (χ4n) is 4.92.